The number of nitrogens with one attached hydrogen (secondary N) is 2. The minimum atomic E-state index is 0. The zero-order valence-corrected chi connectivity index (χ0v) is 11.3. The zero-order valence-electron chi connectivity index (χ0n) is 9.70. The summed E-state index contributed by atoms with van der Waals surface area (Å²) in [6, 6.07) is 1.68. The standard InChI is InChI=1S/C11H16ClN3O.ClH/c1-13-5-8-2-3-15(7-8)11(16)10-4-9(12)6-14-10;/h4,6,8,13-14H,2-3,5,7H2,1H3;1H. The van der Waals surface area contributed by atoms with Gasteiger partial charge in [0.05, 0.1) is 5.02 Å². The van der Waals surface area contributed by atoms with Crippen molar-refractivity contribution < 1.29 is 4.79 Å². The number of carbonyl (C=O) groups is 1. The number of amides is 1. The number of hydrogen-bond acceptors (Lipinski definition) is 2. The van der Waals surface area contributed by atoms with Gasteiger partial charge < -0.3 is 15.2 Å². The topological polar surface area (TPSA) is 48.1 Å². The Hall–Kier alpha value is -0.710. The molecule has 0 saturated carbocycles. The van der Waals surface area contributed by atoms with Crippen molar-refractivity contribution in [3.05, 3.63) is 23.0 Å². The fraction of sp³-hybridized carbons (Fsp3) is 0.545. The van der Waals surface area contributed by atoms with E-state index >= 15 is 0 Å². The van der Waals surface area contributed by atoms with Gasteiger partial charge in [-0.3, -0.25) is 4.79 Å². The van der Waals surface area contributed by atoms with Crippen LogP contribution >= 0.6 is 24.0 Å². The van der Waals surface area contributed by atoms with Gasteiger partial charge in [-0.25, -0.2) is 0 Å². The van der Waals surface area contributed by atoms with Gasteiger partial charge in [0.25, 0.3) is 5.91 Å². The number of aromatic nitrogens is 1. The Balaban J connectivity index is 0.00000144. The highest BCUT2D eigenvalue weighted by atomic mass is 35.5. The van der Waals surface area contributed by atoms with E-state index in [1.807, 2.05) is 11.9 Å². The van der Waals surface area contributed by atoms with E-state index in [4.69, 9.17) is 11.6 Å². The second-order valence-electron chi connectivity index (χ2n) is 4.20. The van der Waals surface area contributed by atoms with Crippen LogP contribution in [0.15, 0.2) is 12.3 Å². The van der Waals surface area contributed by atoms with E-state index in [1.165, 1.54) is 0 Å². The molecule has 1 unspecified atom stereocenters. The molecule has 0 aromatic carbocycles. The average Bonchev–Trinajstić information content (AvgIpc) is 2.87. The molecular formula is C11H17Cl2N3O. The van der Waals surface area contributed by atoms with E-state index in [0.717, 1.165) is 26.1 Å². The number of H-pyrrole nitrogens is 1. The highest BCUT2D eigenvalue weighted by molar-refractivity contribution is 6.30. The van der Waals surface area contributed by atoms with Crippen molar-refractivity contribution >= 4 is 29.9 Å². The number of likely N-dealkylation sites (tertiary alicyclic amines) is 1. The molecule has 17 heavy (non-hydrogen) atoms. The third-order valence-electron chi connectivity index (χ3n) is 2.94. The SMILES string of the molecule is CNCC1CCN(C(=O)c2cc(Cl)c[nH]2)C1.Cl. The number of carbonyl (C=O) groups excluding carboxylic acids is 1. The predicted molar refractivity (Wildman–Crippen MR) is 71.0 cm³/mol. The summed E-state index contributed by atoms with van der Waals surface area (Å²) in [5, 5.41) is 3.72. The van der Waals surface area contributed by atoms with Gasteiger partial charge in [-0.1, -0.05) is 11.6 Å². The molecule has 1 aromatic rings. The molecule has 96 valence electrons. The van der Waals surface area contributed by atoms with Crippen molar-refractivity contribution in [3.63, 3.8) is 0 Å². The van der Waals surface area contributed by atoms with Crippen LogP contribution in [0.2, 0.25) is 5.02 Å². The van der Waals surface area contributed by atoms with E-state index in [1.54, 1.807) is 12.3 Å². The molecule has 4 nitrogen and oxygen atoms in total. The third-order valence-corrected chi connectivity index (χ3v) is 3.16. The van der Waals surface area contributed by atoms with Crippen molar-refractivity contribution in [1.82, 2.24) is 15.2 Å². The number of nitrogens with zero attached hydrogens (tertiary/aromatic N) is 1. The summed E-state index contributed by atoms with van der Waals surface area (Å²) in [6.45, 7) is 2.63. The Labute approximate surface area is 112 Å². The lowest BCUT2D eigenvalue weighted by Gasteiger charge is -2.15. The molecule has 6 heteroatoms. The normalized spacial score (nSPS) is 19.2. The summed E-state index contributed by atoms with van der Waals surface area (Å²) in [7, 11) is 1.94. The highest BCUT2D eigenvalue weighted by Gasteiger charge is 2.26. The van der Waals surface area contributed by atoms with Crippen LogP contribution in [0.25, 0.3) is 0 Å². The average molecular weight is 278 g/mol. The number of hydrogen-bond donors (Lipinski definition) is 2. The second-order valence-corrected chi connectivity index (χ2v) is 4.63. The first-order chi connectivity index (χ1) is 7.70. The Morgan fingerprint density at radius 2 is 2.47 bits per heavy atom. The molecule has 2 N–H and O–H groups in total. The molecular weight excluding hydrogens is 261 g/mol. The summed E-state index contributed by atoms with van der Waals surface area (Å²) in [6.07, 6.45) is 2.71. The molecule has 1 aliphatic heterocycles. The zero-order chi connectivity index (χ0) is 11.5. The maximum Gasteiger partial charge on any atom is 0.270 e. The molecule has 1 saturated heterocycles. The number of halogens is 2. The van der Waals surface area contributed by atoms with Crippen LogP contribution in [0.4, 0.5) is 0 Å². The lowest BCUT2D eigenvalue weighted by atomic mass is 10.1. The molecule has 1 aromatic heterocycles. The smallest absolute Gasteiger partial charge is 0.270 e. The monoisotopic (exact) mass is 277 g/mol. The molecule has 1 amide bonds. The van der Waals surface area contributed by atoms with Gasteiger partial charge in [0.1, 0.15) is 5.69 Å². The summed E-state index contributed by atoms with van der Waals surface area (Å²) in [4.78, 5) is 16.8. The van der Waals surface area contributed by atoms with Gasteiger partial charge in [-0.2, -0.15) is 0 Å². The van der Waals surface area contributed by atoms with E-state index in [2.05, 4.69) is 10.3 Å². The molecule has 0 bridgehead atoms. The maximum atomic E-state index is 12.0. The van der Waals surface area contributed by atoms with E-state index in [0.29, 0.717) is 16.6 Å². The Morgan fingerprint density at radius 3 is 3.06 bits per heavy atom. The minimum Gasteiger partial charge on any atom is -0.356 e. The highest BCUT2D eigenvalue weighted by Crippen LogP contribution is 2.19. The van der Waals surface area contributed by atoms with Gasteiger partial charge >= 0.3 is 0 Å². The first-order valence-corrected chi connectivity index (χ1v) is 5.86. The molecule has 0 aliphatic carbocycles. The largest absolute Gasteiger partial charge is 0.356 e. The second kappa shape index (κ2) is 6.28. The van der Waals surface area contributed by atoms with Crippen molar-refractivity contribution in [2.24, 2.45) is 5.92 Å². The Morgan fingerprint density at radius 1 is 1.71 bits per heavy atom. The van der Waals surface area contributed by atoms with Crippen LogP contribution < -0.4 is 5.32 Å². The number of aromatic amines is 1. The summed E-state index contributed by atoms with van der Waals surface area (Å²) in [5.41, 5.74) is 0.579. The Bertz CT molecular complexity index is 381. The molecule has 2 heterocycles. The van der Waals surface area contributed by atoms with Crippen molar-refractivity contribution in [2.45, 2.75) is 6.42 Å². The molecule has 0 spiro atoms. The lowest BCUT2D eigenvalue weighted by molar-refractivity contribution is 0.0782. The summed E-state index contributed by atoms with van der Waals surface area (Å²) < 4.78 is 0. The van der Waals surface area contributed by atoms with Crippen LogP contribution in [0, 0.1) is 5.92 Å². The quantitative estimate of drug-likeness (QED) is 0.885. The minimum absolute atomic E-state index is 0. The number of rotatable bonds is 3. The van der Waals surface area contributed by atoms with E-state index < -0.39 is 0 Å². The fourth-order valence-corrected chi connectivity index (χ4v) is 2.30. The van der Waals surface area contributed by atoms with Crippen LogP contribution in [-0.4, -0.2) is 42.5 Å². The molecule has 1 fully saturated rings. The van der Waals surface area contributed by atoms with Crippen LogP contribution in [0.5, 0.6) is 0 Å². The first kappa shape index (κ1) is 14.4. The molecule has 1 aliphatic rings. The maximum absolute atomic E-state index is 12.0. The molecule has 2 rings (SSSR count). The van der Waals surface area contributed by atoms with Gasteiger partial charge in [0.2, 0.25) is 0 Å². The van der Waals surface area contributed by atoms with Crippen LogP contribution in [0.1, 0.15) is 16.9 Å². The fourth-order valence-electron chi connectivity index (χ4n) is 2.13. The molecule has 0 radical (unpaired) electrons. The van der Waals surface area contributed by atoms with Crippen molar-refractivity contribution in [3.8, 4) is 0 Å². The van der Waals surface area contributed by atoms with Gasteiger partial charge in [0, 0.05) is 19.3 Å². The lowest BCUT2D eigenvalue weighted by Crippen LogP contribution is -2.30. The predicted octanol–water partition coefficient (Wildman–Crippen LogP) is 1.77. The van der Waals surface area contributed by atoms with Crippen LogP contribution in [-0.2, 0) is 0 Å². The van der Waals surface area contributed by atoms with Gasteiger partial charge in [0.15, 0.2) is 0 Å². The van der Waals surface area contributed by atoms with Crippen LogP contribution in [0.3, 0.4) is 0 Å². The Kier molecular flexibility index (Phi) is 5.31. The molecule has 1 atom stereocenters. The van der Waals surface area contributed by atoms with Gasteiger partial charge in [-0.05, 0) is 32.0 Å². The summed E-state index contributed by atoms with van der Waals surface area (Å²) >= 11 is 5.78. The summed E-state index contributed by atoms with van der Waals surface area (Å²) in [5.74, 6) is 0.616. The van der Waals surface area contributed by atoms with Gasteiger partial charge in [-0.15, -0.1) is 12.4 Å². The van der Waals surface area contributed by atoms with Crippen molar-refractivity contribution in [1.29, 1.82) is 0 Å². The first-order valence-electron chi connectivity index (χ1n) is 5.48. The third kappa shape index (κ3) is 3.37. The van der Waals surface area contributed by atoms with E-state index in [9.17, 15) is 4.79 Å². The van der Waals surface area contributed by atoms with Crippen molar-refractivity contribution in [2.75, 3.05) is 26.7 Å². The van der Waals surface area contributed by atoms with E-state index in [-0.39, 0.29) is 18.3 Å².